The summed E-state index contributed by atoms with van der Waals surface area (Å²) in [7, 11) is 0. The summed E-state index contributed by atoms with van der Waals surface area (Å²) in [4.78, 5) is 28.8. The molecule has 2 rings (SSSR count). The van der Waals surface area contributed by atoms with Gasteiger partial charge in [-0.05, 0) is 12.1 Å². The molecule has 1 aromatic heterocycles. The average Bonchev–Trinajstić information content (AvgIpc) is 2.83. The minimum absolute atomic E-state index is 0.0138. The number of carboxylic acids is 2. The number of imidazole rings is 1. The van der Waals surface area contributed by atoms with Crippen molar-refractivity contribution in [3.05, 3.63) is 41.3 Å². The molecule has 0 aliphatic rings. The maximum atomic E-state index is 11.1. The number of aromatic carboxylic acids is 2. The summed E-state index contributed by atoms with van der Waals surface area (Å²) in [5.41, 5.74) is 1.05. The molecule has 0 fully saturated rings. The van der Waals surface area contributed by atoms with E-state index in [0.29, 0.717) is 23.5 Å². The molecule has 1 aromatic carbocycles. The summed E-state index contributed by atoms with van der Waals surface area (Å²) >= 11 is 0. The Morgan fingerprint density at radius 1 is 1.16 bits per heavy atom. The van der Waals surface area contributed by atoms with Gasteiger partial charge in [-0.2, -0.15) is 0 Å². The molecule has 0 aliphatic carbocycles. The van der Waals surface area contributed by atoms with Gasteiger partial charge in [0.15, 0.2) is 5.69 Å². The van der Waals surface area contributed by atoms with E-state index in [1.807, 2.05) is 6.92 Å². The van der Waals surface area contributed by atoms with Gasteiger partial charge in [0.05, 0.1) is 5.56 Å². The zero-order valence-electron chi connectivity index (χ0n) is 10.2. The van der Waals surface area contributed by atoms with Gasteiger partial charge in [-0.1, -0.05) is 19.1 Å². The fourth-order valence-corrected chi connectivity index (χ4v) is 1.72. The fraction of sp³-hybridized carbons (Fsp3) is 0.154. The van der Waals surface area contributed by atoms with E-state index < -0.39 is 11.9 Å². The van der Waals surface area contributed by atoms with Crippen LogP contribution < -0.4 is 0 Å². The Hall–Kier alpha value is -2.63. The Bertz CT molecular complexity index is 629. The van der Waals surface area contributed by atoms with E-state index in [0.717, 1.165) is 0 Å². The molecule has 0 aliphatic heterocycles. The van der Waals surface area contributed by atoms with Crippen LogP contribution in [0.1, 0.15) is 33.6 Å². The number of rotatable bonds is 4. The molecule has 98 valence electrons. The summed E-state index contributed by atoms with van der Waals surface area (Å²) < 4.78 is 0. The quantitative estimate of drug-likeness (QED) is 0.780. The number of aromatic nitrogens is 2. The molecule has 0 spiro atoms. The van der Waals surface area contributed by atoms with Crippen LogP contribution in [0.2, 0.25) is 0 Å². The second-order valence-electron chi connectivity index (χ2n) is 3.95. The largest absolute Gasteiger partial charge is 0.478 e. The minimum Gasteiger partial charge on any atom is -0.478 e. The molecule has 0 atom stereocenters. The van der Waals surface area contributed by atoms with E-state index in [1.165, 1.54) is 12.1 Å². The second kappa shape index (κ2) is 4.93. The average molecular weight is 260 g/mol. The first-order chi connectivity index (χ1) is 9.02. The first-order valence-electron chi connectivity index (χ1n) is 5.68. The number of nitrogens with one attached hydrogen (secondary N) is 1. The zero-order valence-corrected chi connectivity index (χ0v) is 10.2. The van der Waals surface area contributed by atoms with E-state index in [-0.39, 0.29) is 11.3 Å². The molecule has 0 radical (unpaired) electrons. The van der Waals surface area contributed by atoms with Crippen LogP contribution in [0.5, 0.6) is 0 Å². The van der Waals surface area contributed by atoms with Crippen molar-refractivity contribution in [1.82, 2.24) is 9.97 Å². The van der Waals surface area contributed by atoms with Gasteiger partial charge < -0.3 is 15.2 Å². The Labute approximate surface area is 108 Å². The van der Waals surface area contributed by atoms with Crippen LogP contribution in [0.25, 0.3) is 11.3 Å². The van der Waals surface area contributed by atoms with Crippen LogP contribution >= 0.6 is 0 Å². The molecule has 0 unspecified atom stereocenters. The topological polar surface area (TPSA) is 103 Å². The Balaban J connectivity index is 2.48. The predicted molar refractivity (Wildman–Crippen MR) is 67.3 cm³/mol. The molecule has 19 heavy (non-hydrogen) atoms. The van der Waals surface area contributed by atoms with E-state index in [2.05, 4.69) is 9.97 Å². The van der Waals surface area contributed by atoms with Crippen molar-refractivity contribution in [2.45, 2.75) is 13.3 Å². The Morgan fingerprint density at radius 2 is 1.79 bits per heavy atom. The lowest BCUT2D eigenvalue weighted by Gasteiger charge is -2.00. The number of hydrogen-bond donors (Lipinski definition) is 3. The van der Waals surface area contributed by atoms with Gasteiger partial charge in [-0.15, -0.1) is 0 Å². The molecule has 2 aromatic rings. The van der Waals surface area contributed by atoms with Gasteiger partial charge in [0.2, 0.25) is 0 Å². The third-order valence-electron chi connectivity index (χ3n) is 2.71. The monoisotopic (exact) mass is 260 g/mol. The molecule has 0 saturated carbocycles. The minimum atomic E-state index is -1.09. The molecule has 6 heteroatoms. The lowest BCUT2D eigenvalue weighted by molar-refractivity contribution is 0.0683. The lowest BCUT2D eigenvalue weighted by Crippen LogP contribution is -2.00. The molecule has 0 saturated heterocycles. The molecular formula is C13H12N2O4. The maximum Gasteiger partial charge on any atom is 0.354 e. The van der Waals surface area contributed by atoms with Gasteiger partial charge in [0.1, 0.15) is 11.5 Å². The third-order valence-corrected chi connectivity index (χ3v) is 2.71. The summed E-state index contributed by atoms with van der Waals surface area (Å²) in [6, 6.07) is 5.93. The van der Waals surface area contributed by atoms with Crippen LogP contribution in [-0.4, -0.2) is 32.1 Å². The highest BCUT2D eigenvalue weighted by Gasteiger charge is 2.17. The summed E-state index contributed by atoms with van der Waals surface area (Å²) in [6.07, 6.45) is 0.591. The number of benzene rings is 1. The van der Waals surface area contributed by atoms with Crippen molar-refractivity contribution in [1.29, 1.82) is 0 Å². The number of carbonyl (C=O) groups is 2. The van der Waals surface area contributed by atoms with Gasteiger partial charge in [0.25, 0.3) is 0 Å². The number of hydrogen-bond acceptors (Lipinski definition) is 3. The van der Waals surface area contributed by atoms with Crippen molar-refractivity contribution in [2.75, 3.05) is 0 Å². The van der Waals surface area contributed by atoms with Crippen LogP contribution in [0.15, 0.2) is 24.3 Å². The van der Waals surface area contributed by atoms with E-state index in [9.17, 15) is 9.59 Å². The third kappa shape index (κ3) is 2.47. The van der Waals surface area contributed by atoms with Crippen molar-refractivity contribution in [2.24, 2.45) is 0 Å². The second-order valence-corrected chi connectivity index (χ2v) is 3.95. The molecular weight excluding hydrogens is 248 g/mol. The van der Waals surface area contributed by atoms with E-state index in [4.69, 9.17) is 10.2 Å². The van der Waals surface area contributed by atoms with Crippen LogP contribution in [-0.2, 0) is 6.42 Å². The fourth-order valence-electron chi connectivity index (χ4n) is 1.72. The smallest absolute Gasteiger partial charge is 0.354 e. The standard InChI is InChI=1S/C13H12N2O4/c1-2-9-14-10(11(15-9)13(18)19)7-3-5-8(6-4-7)12(16)17/h3-6H,2H2,1H3,(H,14,15)(H,16,17)(H,18,19). The molecule has 0 bridgehead atoms. The van der Waals surface area contributed by atoms with Crippen LogP contribution in [0, 0.1) is 0 Å². The van der Waals surface area contributed by atoms with Crippen molar-refractivity contribution in [3.8, 4) is 11.3 Å². The SMILES string of the molecule is CCc1nc(-c2ccc(C(=O)O)cc2)c(C(=O)O)[nH]1. The van der Waals surface area contributed by atoms with Crippen molar-refractivity contribution < 1.29 is 19.8 Å². The number of aromatic amines is 1. The number of nitrogens with zero attached hydrogens (tertiary/aromatic N) is 1. The van der Waals surface area contributed by atoms with E-state index in [1.54, 1.807) is 12.1 Å². The number of aryl methyl sites for hydroxylation is 1. The number of H-pyrrole nitrogens is 1. The first-order valence-corrected chi connectivity index (χ1v) is 5.68. The predicted octanol–water partition coefficient (Wildman–Crippen LogP) is 2.04. The zero-order chi connectivity index (χ0) is 14.0. The van der Waals surface area contributed by atoms with Gasteiger partial charge in [-0.25, -0.2) is 14.6 Å². The highest BCUT2D eigenvalue weighted by molar-refractivity contribution is 5.93. The normalized spacial score (nSPS) is 10.4. The maximum absolute atomic E-state index is 11.1. The Kier molecular flexibility index (Phi) is 3.33. The summed E-state index contributed by atoms with van der Waals surface area (Å²) in [5, 5.41) is 17.9. The van der Waals surface area contributed by atoms with Crippen LogP contribution in [0.3, 0.4) is 0 Å². The van der Waals surface area contributed by atoms with Crippen LogP contribution in [0.4, 0.5) is 0 Å². The van der Waals surface area contributed by atoms with Gasteiger partial charge in [0, 0.05) is 12.0 Å². The highest BCUT2D eigenvalue weighted by atomic mass is 16.4. The highest BCUT2D eigenvalue weighted by Crippen LogP contribution is 2.22. The molecule has 6 nitrogen and oxygen atoms in total. The molecule has 0 amide bonds. The van der Waals surface area contributed by atoms with Crippen molar-refractivity contribution in [3.63, 3.8) is 0 Å². The van der Waals surface area contributed by atoms with Crippen molar-refractivity contribution >= 4 is 11.9 Å². The number of carboxylic acid groups (broad SMARTS) is 2. The lowest BCUT2D eigenvalue weighted by atomic mass is 10.1. The summed E-state index contributed by atoms with van der Waals surface area (Å²) in [6.45, 7) is 1.86. The van der Waals surface area contributed by atoms with Gasteiger partial charge in [-0.3, -0.25) is 0 Å². The molecule has 1 heterocycles. The first kappa shape index (κ1) is 12.8. The van der Waals surface area contributed by atoms with E-state index >= 15 is 0 Å². The summed E-state index contributed by atoms with van der Waals surface area (Å²) in [5.74, 6) is -1.54. The van der Waals surface area contributed by atoms with Gasteiger partial charge >= 0.3 is 11.9 Å². The molecule has 3 N–H and O–H groups in total. The Morgan fingerprint density at radius 3 is 2.26 bits per heavy atom.